The van der Waals surface area contributed by atoms with Crippen LogP contribution in [-0.2, 0) is 4.79 Å². The number of para-hydroxylation sites is 1. The van der Waals surface area contributed by atoms with Crippen molar-refractivity contribution in [1.29, 1.82) is 0 Å². The highest BCUT2D eigenvalue weighted by atomic mass is 16.2. The Balaban J connectivity index is 1.49. The summed E-state index contributed by atoms with van der Waals surface area (Å²) >= 11 is 0. The molecular formula is C22H28N4O2. The molecule has 3 amide bonds. The van der Waals surface area contributed by atoms with Crippen molar-refractivity contribution in [1.82, 2.24) is 5.32 Å². The van der Waals surface area contributed by atoms with Crippen LogP contribution in [0.25, 0.3) is 0 Å². The predicted molar refractivity (Wildman–Crippen MR) is 112 cm³/mol. The van der Waals surface area contributed by atoms with Crippen molar-refractivity contribution in [2.75, 3.05) is 10.6 Å². The molecule has 148 valence electrons. The lowest BCUT2D eigenvalue weighted by atomic mass is 9.99. The highest BCUT2D eigenvalue weighted by Gasteiger charge is 2.26. The number of rotatable bonds is 6. The number of nitrogens with two attached hydrogens (primary N) is 1. The zero-order valence-electron chi connectivity index (χ0n) is 16.2. The Kier molecular flexibility index (Phi) is 6.66. The molecule has 3 atom stereocenters. The molecule has 1 aliphatic carbocycles. The lowest BCUT2D eigenvalue weighted by molar-refractivity contribution is -0.122. The molecule has 1 aliphatic rings. The summed E-state index contributed by atoms with van der Waals surface area (Å²) in [7, 11) is 0. The fourth-order valence-corrected chi connectivity index (χ4v) is 3.61. The Morgan fingerprint density at radius 2 is 1.64 bits per heavy atom. The van der Waals surface area contributed by atoms with Crippen LogP contribution in [0.2, 0.25) is 0 Å². The lowest BCUT2D eigenvalue weighted by Gasteiger charge is -2.18. The molecule has 0 heterocycles. The van der Waals surface area contributed by atoms with Gasteiger partial charge >= 0.3 is 6.03 Å². The number of hydrogen-bond donors (Lipinski definition) is 4. The number of amides is 3. The molecular weight excluding hydrogens is 352 g/mol. The van der Waals surface area contributed by atoms with E-state index in [1.807, 2.05) is 61.5 Å². The molecule has 0 aliphatic heterocycles. The van der Waals surface area contributed by atoms with Crippen molar-refractivity contribution >= 4 is 23.3 Å². The summed E-state index contributed by atoms with van der Waals surface area (Å²) < 4.78 is 0. The lowest BCUT2D eigenvalue weighted by Crippen LogP contribution is -2.32. The van der Waals surface area contributed by atoms with E-state index >= 15 is 0 Å². The second-order valence-electron chi connectivity index (χ2n) is 7.42. The van der Waals surface area contributed by atoms with Crippen molar-refractivity contribution < 1.29 is 9.59 Å². The van der Waals surface area contributed by atoms with Gasteiger partial charge in [-0.25, -0.2) is 4.79 Å². The third-order valence-corrected chi connectivity index (χ3v) is 5.24. The van der Waals surface area contributed by atoms with Gasteiger partial charge in [0.25, 0.3) is 0 Å². The summed E-state index contributed by atoms with van der Waals surface area (Å²) in [4.78, 5) is 24.3. The van der Waals surface area contributed by atoms with E-state index in [-0.39, 0.29) is 24.0 Å². The SMILES string of the molecule is CC(NC(=O)C[C@@H]1CCC[C@H]1N)c1ccc(NC(=O)Nc2ccccc2)cc1. The van der Waals surface area contributed by atoms with E-state index in [4.69, 9.17) is 5.73 Å². The smallest absolute Gasteiger partial charge is 0.323 e. The number of urea groups is 1. The second-order valence-corrected chi connectivity index (χ2v) is 7.42. The average molecular weight is 380 g/mol. The quantitative estimate of drug-likeness (QED) is 0.609. The van der Waals surface area contributed by atoms with Crippen molar-refractivity contribution in [2.45, 2.75) is 44.7 Å². The maximum absolute atomic E-state index is 12.3. The highest BCUT2D eigenvalue weighted by molar-refractivity contribution is 5.99. The van der Waals surface area contributed by atoms with Gasteiger partial charge in [0, 0.05) is 23.8 Å². The summed E-state index contributed by atoms with van der Waals surface area (Å²) in [6, 6.07) is 16.5. The third kappa shape index (κ3) is 5.57. The second kappa shape index (κ2) is 9.37. The van der Waals surface area contributed by atoms with E-state index in [1.54, 1.807) is 0 Å². The number of nitrogens with one attached hydrogen (secondary N) is 3. The summed E-state index contributed by atoms with van der Waals surface area (Å²) in [5.41, 5.74) is 8.46. The zero-order chi connectivity index (χ0) is 19.9. The van der Waals surface area contributed by atoms with Crippen LogP contribution in [0, 0.1) is 5.92 Å². The molecule has 3 rings (SSSR count). The Morgan fingerprint density at radius 3 is 2.25 bits per heavy atom. The highest BCUT2D eigenvalue weighted by Crippen LogP contribution is 2.27. The monoisotopic (exact) mass is 380 g/mol. The maximum atomic E-state index is 12.3. The molecule has 0 bridgehead atoms. The molecule has 1 unspecified atom stereocenters. The molecule has 0 aromatic heterocycles. The number of carbonyl (C=O) groups excluding carboxylic acids is 2. The first-order valence-corrected chi connectivity index (χ1v) is 9.79. The molecule has 1 saturated carbocycles. The van der Waals surface area contributed by atoms with Gasteiger partial charge in [-0.2, -0.15) is 0 Å². The Labute approximate surface area is 165 Å². The predicted octanol–water partition coefficient (Wildman–Crippen LogP) is 4.03. The first-order chi connectivity index (χ1) is 13.5. The molecule has 0 saturated heterocycles. The summed E-state index contributed by atoms with van der Waals surface area (Å²) in [6.45, 7) is 1.96. The van der Waals surface area contributed by atoms with Gasteiger partial charge in [0.15, 0.2) is 0 Å². The van der Waals surface area contributed by atoms with E-state index in [0.717, 1.165) is 30.5 Å². The Bertz CT molecular complexity index is 792. The van der Waals surface area contributed by atoms with Gasteiger partial charge in [-0.3, -0.25) is 4.79 Å². The molecule has 5 N–H and O–H groups in total. The molecule has 0 spiro atoms. The van der Waals surface area contributed by atoms with Gasteiger partial charge in [-0.1, -0.05) is 36.8 Å². The van der Waals surface area contributed by atoms with E-state index in [2.05, 4.69) is 16.0 Å². The van der Waals surface area contributed by atoms with Crippen molar-refractivity contribution in [2.24, 2.45) is 11.7 Å². The van der Waals surface area contributed by atoms with Crippen molar-refractivity contribution in [3.8, 4) is 0 Å². The van der Waals surface area contributed by atoms with Crippen molar-refractivity contribution in [3.05, 3.63) is 60.2 Å². The van der Waals surface area contributed by atoms with Gasteiger partial charge in [-0.05, 0) is 55.5 Å². The standard InChI is InChI=1S/C22H28N4O2/c1-15(24-21(27)14-17-6-5-9-20(17)23)16-10-12-19(13-11-16)26-22(28)25-18-7-3-2-4-8-18/h2-4,7-8,10-13,15,17,20H,5-6,9,14,23H2,1H3,(H,24,27)(H2,25,26,28)/t15?,17-,20+/m0/s1. The van der Waals surface area contributed by atoms with E-state index in [1.165, 1.54) is 0 Å². The van der Waals surface area contributed by atoms with Crippen LogP contribution in [0.4, 0.5) is 16.2 Å². The van der Waals surface area contributed by atoms with Crippen LogP contribution in [0.15, 0.2) is 54.6 Å². The Morgan fingerprint density at radius 1 is 1.00 bits per heavy atom. The van der Waals surface area contributed by atoms with Crippen LogP contribution >= 0.6 is 0 Å². The number of anilines is 2. The van der Waals surface area contributed by atoms with Gasteiger partial charge < -0.3 is 21.7 Å². The topological polar surface area (TPSA) is 96.2 Å². The summed E-state index contributed by atoms with van der Waals surface area (Å²) in [6.07, 6.45) is 3.65. The largest absolute Gasteiger partial charge is 0.350 e. The maximum Gasteiger partial charge on any atom is 0.323 e. The fourth-order valence-electron chi connectivity index (χ4n) is 3.61. The van der Waals surface area contributed by atoms with E-state index < -0.39 is 0 Å². The molecule has 28 heavy (non-hydrogen) atoms. The average Bonchev–Trinajstić information content (AvgIpc) is 3.07. The normalized spacial score (nSPS) is 19.6. The number of carbonyl (C=O) groups is 2. The van der Waals surface area contributed by atoms with Gasteiger partial charge in [-0.15, -0.1) is 0 Å². The molecule has 1 fully saturated rings. The van der Waals surface area contributed by atoms with Gasteiger partial charge in [0.05, 0.1) is 6.04 Å². The summed E-state index contributed by atoms with van der Waals surface area (Å²) in [5, 5.41) is 8.62. The van der Waals surface area contributed by atoms with E-state index in [0.29, 0.717) is 18.0 Å². The Hall–Kier alpha value is -2.86. The van der Waals surface area contributed by atoms with Crippen LogP contribution in [-0.4, -0.2) is 18.0 Å². The molecule has 6 nitrogen and oxygen atoms in total. The first-order valence-electron chi connectivity index (χ1n) is 9.79. The minimum Gasteiger partial charge on any atom is -0.350 e. The molecule has 2 aromatic rings. The fraction of sp³-hybridized carbons (Fsp3) is 0.364. The molecule has 6 heteroatoms. The van der Waals surface area contributed by atoms with Gasteiger partial charge in [0.1, 0.15) is 0 Å². The van der Waals surface area contributed by atoms with Crippen LogP contribution in [0.1, 0.15) is 44.2 Å². The van der Waals surface area contributed by atoms with Crippen molar-refractivity contribution in [3.63, 3.8) is 0 Å². The molecule has 2 aromatic carbocycles. The van der Waals surface area contributed by atoms with Crippen LogP contribution in [0.3, 0.4) is 0 Å². The summed E-state index contributed by atoms with van der Waals surface area (Å²) in [5.74, 6) is 0.334. The number of benzene rings is 2. The van der Waals surface area contributed by atoms with Crippen LogP contribution in [0.5, 0.6) is 0 Å². The minimum atomic E-state index is -0.298. The number of hydrogen-bond acceptors (Lipinski definition) is 3. The molecule has 0 radical (unpaired) electrons. The zero-order valence-corrected chi connectivity index (χ0v) is 16.2. The minimum absolute atomic E-state index is 0.0410. The third-order valence-electron chi connectivity index (χ3n) is 5.24. The van der Waals surface area contributed by atoms with Crippen LogP contribution < -0.4 is 21.7 Å². The van der Waals surface area contributed by atoms with Gasteiger partial charge in [0.2, 0.25) is 5.91 Å². The van der Waals surface area contributed by atoms with E-state index in [9.17, 15) is 9.59 Å². The first kappa shape index (κ1) is 19.9.